The summed E-state index contributed by atoms with van der Waals surface area (Å²) < 4.78 is 3.65. The van der Waals surface area contributed by atoms with Crippen LogP contribution in [0.25, 0.3) is 21.8 Å². The van der Waals surface area contributed by atoms with Crippen molar-refractivity contribution in [1.29, 1.82) is 0 Å². The van der Waals surface area contributed by atoms with Crippen LogP contribution < -0.4 is 0 Å². The third-order valence-electron chi connectivity index (χ3n) is 4.70. The summed E-state index contributed by atoms with van der Waals surface area (Å²) in [6.07, 6.45) is 0. The average molecular weight is 358 g/mol. The number of halogens is 1. The minimum Gasteiger partial charge on any atom is -0.340 e. The number of fused-ring (bicyclic) bond motifs is 3. The third kappa shape index (κ3) is 2.20. The monoisotopic (exact) mass is 357 g/mol. The SMILES string of the molecule is CCn1c2ccc(C(C)(C)C)cc2c2c(C)cc(Br)c(C)c21. The molecule has 0 aliphatic carbocycles. The van der Waals surface area contributed by atoms with Gasteiger partial charge in [0.15, 0.2) is 0 Å². The van der Waals surface area contributed by atoms with E-state index in [1.165, 1.54) is 43.0 Å². The minimum atomic E-state index is 0.174. The summed E-state index contributed by atoms with van der Waals surface area (Å²) in [4.78, 5) is 0. The van der Waals surface area contributed by atoms with E-state index in [1.54, 1.807) is 0 Å². The van der Waals surface area contributed by atoms with Gasteiger partial charge in [-0.05, 0) is 61.1 Å². The van der Waals surface area contributed by atoms with Crippen LogP contribution >= 0.6 is 15.9 Å². The fourth-order valence-corrected chi connectivity index (χ4v) is 3.95. The van der Waals surface area contributed by atoms with Gasteiger partial charge in [-0.15, -0.1) is 0 Å². The lowest BCUT2D eigenvalue weighted by atomic mass is 9.86. The largest absolute Gasteiger partial charge is 0.340 e. The molecular weight excluding hydrogens is 334 g/mol. The maximum Gasteiger partial charge on any atom is 0.0535 e. The molecule has 2 aromatic carbocycles. The first-order valence-electron chi connectivity index (χ1n) is 7.97. The molecule has 0 N–H and O–H groups in total. The van der Waals surface area contributed by atoms with Crippen molar-refractivity contribution < 1.29 is 0 Å². The fourth-order valence-electron chi connectivity index (χ4n) is 3.42. The number of aryl methyl sites for hydroxylation is 3. The maximum atomic E-state index is 3.72. The molecule has 0 spiro atoms. The van der Waals surface area contributed by atoms with Crippen molar-refractivity contribution >= 4 is 37.7 Å². The molecule has 1 heterocycles. The van der Waals surface area contributed by atoms with Gasteiger partial charge in [0.05, 0.1) is 5.52 Å². The van der Waals surface area contributed by atoms with E-state index in [0.717, 1.165) is 6.54 Å². The third-order valence-corrected chi connectivity index (χ3v) is 5.52. The molecule has 2 heteroatoms. The molecule has 116 valence electrons. The van der Waals surface area contributed by atoms with Gasteiger partial charge < -0.3 is 4.57 Å². The highest BCUT2D eigenvalue weighted by atomic mass is 79.9. The van der Waals surface area contributed by atoms with Crippen LogP contribution in [0, 0.1) is 13.8 Å². The Morgan fingerprint density at radius 3 is 2.36 bits per heavy atom. The zero-order valence-corrected chi connectivity index (χ0v) is 15.9. The van der Waals surface area contributed by atoms with Crippen molar-refractivity contribution in [2.24, 2.45) is 0 Å². The van der Waals surface area contributed by atoms with E-state index >= 15 is 0 Å². The highest BCUT2D eigenvalue weighted by molar-refractivity contribution is 9.10. The van der Waals surface area contributed by atoms with Gasteiger partial charge in [0, 0.05) is 27.3 Å². The lowest BCUT2D eigenvalue weighted by Crippen LogP contribution is -2.10. The van der Waals surface area contributed by atoms with Crippen LogP contribution in [-0.2, 0) is 12.0 Å². The summed E-state index contributed by atoms with van der Waals surface area (Å²) in [7, 11) is 0. The van der Waals surface area contributed by atoms with Crippen molar-refractivity contribution in [2.75, 3.05) is 0 Å². The van der Waals surface area contributed by atoms with E-state index in [1.807, 2.05) is 0 Å². The van der Waals surface area contributed by atoms with Gasteiger partial charge in [0.2, 0.25) is 0 Å². The molecule has 0 atom stereocenters. The zero-order valence-electron chi connectivity index (χ0n) is 14.3. The van der Waals surface area contributed by atoms with Crippen LogP contribution in [0.2, 0.25) is 0 Å². The van der Waals surface area contributed by atoms with E-state index in [9.17, 15) is 0 Å². The van der Waals surface area contributed by atoms with E-state index in [-0.39, 0.29) is 5.41 Å². The van der Waals surface area contributed by atoms with Crippen molar-refractivity contribution in [3.63, 3.8) is 0 Å². The fraction of sp³-hybridized carbons (Fsp3) is 0.400. The second-order valence-electron chi connectivity index (χ2n) is 7.25. The van der Waals surface area contributed by atoms with Crippen molar-refractivity contribution in [1.82, 2.24) is 4.57 Å². The van der Waals surface area contributed by atoms with Crippen molar-refractivity contribution in [3.05, 3.63) is 45.4 Å². The molecule has 0 aliphatic heterocycles. The van der Waals surface area contributed by atoms with E-state index < -0.39 is 0 Å². The summed E-state index contributed by atoms with van der Waals surface area (Å²) in [5.74, 6) is 0. The molecular formula is C20H24BrN. The van der Waals surface area contributed by atoms with Crippen LogP contribution in [0.1, 0.15) is 44.4 Å². The number of aromatic nitrogens is 1. The average Bonchev–Trinajstić information content (AvgIpc) is 2.77. The Bertz CT molecular complexity index is 878. The Hall–Kier alpha value is -1.28. The van der Waals surface area contributed by atoms with Gasteiger partial charge in [-0.2, -0.15) is 0 Å². The molecule has 0 saturated heterocycles. The Morgan fingerprint density at radius 1 is 1.09 bits per heavy atom. The molecule has 3 rings (SSSR count). The normalized spacial score (nSPS) is 12.5. The molecule has 0 amide bonds. The second kappa shape index (κ2) is 5.13. The van der Waals surface area contributed by atoms with Crippen molar-refractivity contribution in [2.45, 2.75) is 53.5 Å². The molecule has 0 unspecified atom stereocenters. The summed E-state index contributed by atoms with van der Waals surface area (Å²) in [5.41, 5.74) is 6.96. The Balaban J connectivity index is 2.55. The standard InChI is InChI=1S/C20H24BrN/c1-7-22-17-9-8-14(20(4,5)6)11-15(17)18-12(2)10-16(21)13(3)19(18)22/h8-11H,7H2,1-6H3. The first kappa shape index (κ1) is 15.6. The summed E-state index contributed by atoms with van der Waals surface area (Å²) in [5, 5.41) is 2.79. The van der Waals surface area contributed by atoms with Gasteiger partial charge in [0.1, 0.15) is 0 Å². The predicted octanol–water partition coefficient (Wildman–Crippen LogP) is 6.49. The zero-order chi connectivity index (χ0) is 16.2. The molecule has 0 bridgehead atoms. The molecule has 0 saturated carbocycles. The van der Waals surface area contributed by atoms with E-state index in [2.05, 4.69) is 86.3 Å². The molecule has 3 aromatic rings. The molecule has 1 nitrogen and oxygen atoms in total. The van der Waals surface area contributed by atoms with Crippen LogP contribution in [0.3, 0.4) is 0 Å². The Labute approximate surface area is 141 Å². The van der Waals surface area contributed by atoms with Gasteiger partial charge in [0.25, 0.3) is 0 Å². The van der Waals surface area contributed by atoms with Crippen LogP contribution in [0.15, 0.2) is 28.7 Å². The van der Waals surface area contributed by atoms with Crippen LogP contribution in [0.4, 0.5) is 0 Å². The van der Waals surface area contributed by atoms with E-state index in [0.29, 0.717) is 0 Å². The molecule has 0 aliphatic rings. The first-order valence-corrected chi connectivity index (χ1v) is 8.77. The quantitative estimate of drug-likeness (QED) is 0.468. The van der Waals surface area contributed by atoms with Gasteiger partial charge in [-0.1, -0.05) is 42.8 Å². The Morgan fingerprint density at radius 2 is 1.77 bits per heavy atom. The maximum absolute atomic E-state index is 3.72. The predicted molar refractivity (Wildman–Crippen MR) is 101 cm³/mol. The van der Waals surface area contributed by atoms with Gasteiger partial charge in [-0.25, -0.2) is 0 Å². The minimum absolute atomic E-state index is 0.174. The molecule has 0 fully saturated rings. The molecule has 22 heavy (non-hydrogen) atoms. The summed E-state index contributed by atoms with van der Waals surface area (Å²) in [6.45, 7) is 14.5. The summed E-state index contributed by atoms with van der Waals surface area (Å²) >= 11 is 3.72. The van der Waals surface area contributed by atoms with Crippen LogP contribution in [0.5, 0.6) is 0 Å². The van der Waals surface area contributed by atoms with Crippen LogP contribution in [-0.4, -0.2) is 4.57 Å². The lowest BCUT2D eigenvalue weighted by molar-refractivity contribution is 0.591. The highest BCUT2D eigenvalue weighted by Gasteiger charge is 2.19. The lowest BCUT2D eigenvalue weighted by Gasteiger charge is -2.19. The smallest absolute Gasteiger partial charge is 0.0535 e. The Kier molecular flexibility index (Phi) is 3.64. The summed E-state index contributed by atoms with van der Waals surface area (Å²) in [6, 6.07) is 9.23. The second-order valence-corrected chi connectivity index (χ2v) is 8.10. The number of benzene rings is 2. The van der Waals surface area contributed by atoms with Gasteiger partial charge in [-0.3, -0.25) is 0 Å². The van der Waals surface area contributed by atoms with Gasteiger partial charge >= 0.3 is 0 Å². The first-order chi connectivity index (χ1) is 10.3. The van der Waals surface area contributed by atoms with Crippen molar-refractivity contribution in [3.8, 4) is 0 Å². The number of hydrogen-bond acceptors (Lipinski definition) is 0. The number of rotatable bonds is 1. The molecule has 1 aromatic heterocycles. The molecule has 0 radical (unpaired) electrons. The number of nitrogens with zero attached hydrogens (tertiary/aromatic N) is 1. The van der Waals surface area contributed by atoms with E-state index in [4.69, 9.17) is 0 Å². The highest BCUT2D eigenvalue weighted by Crippen LogP contribution is 2.38. The topological polar surface area (TPSA) is 4.93 Å². The number of hydrogen-bond donors (Lipinski definition) is 0.